The Bertz CT molecular complexity index is 596. The predicted octanol–water partition coefficient (Wildman–Crippen LogP) is 2.30. The standard InChI is InChI=1S/C17H30N6O3.HI/c1-2-18-16(19-9-10-22-13-15(12-21-22)23(25)26)20-14-17(8-11-24)6-4-3-5-7-17;/h12-13,24H,2-11,14H2,1H3,(H2,18,19,20);1H. The van der Waals surface area contributed by atoms with Crippen LogP contribution in [0.1, 0.15) is 45.4 Å². The van der Waals surface area contributed by atoms with Crippen LogP contribution >= 0.6 is 24.0 Å². The molecule has 1 aromatic rings. The molecule has 0 unspecified atom stereocenters. The number of halogens is 1. The van der Waals surface area contributed by atoms with E-state index in [0.29, 0.717) is 19.6 Å². The van der Waals surface area contributed by atoms with Gasteiger partial charge in [0.25, 0.3) is 0 Å². The first-order valence-corrected chi connectivity index (χ1v) is 9.38. The first-order chi connectivity index (χ1) is 12.6. The molecule has 1 aliphatic rings. The van der Waals surface area contributed by atoms with Crippen molar-refractivity contribution in [3.05, 3.63) is 22.5 Å². The number of guanidine groups is 1. The summed E-state index contributed by atoms with van der Waals surface area (Å²) in [4.78, 5) is 15.0. The van der Waals surface area contributed by atoms with Crippen LogP contribution in [-0.4, -0.2) is 52.0 Å². The summed E-state index contributed by atoms with van der Waals surface area (Å²) in [6, 6.07) is 0. The molecule has 27 heavy (non-hydrogen) atoms. The van der Waals surface area contributed by atoms with E-state index in [2.05, 4.69) is 15.7 Å². The lowest BCUT2D eigenvalue weighted by atomic mass is 9.72. The maximum absolute atomic E-state index is 10.7. The number of nitrogens with one attached hydrogen (secondary N) is 2. The quantitative estimate of drug-likeness (QED) is 0.160. The highest BCUT2D eigenvalue weighted by Gasteiger charge is 2.31. The van der Waals surface area contributed by atoms with Gasteiger partial charge in [-0.15, -0.1) is 24.0 Å². The Labute approximate surface area is 177 Å². The number of nitro groups is 1. The second-order valence-corrected chi connectivity index (χ2v) is 6.87. The van der Waals surface area contributed by atoms with E-state index >= 15 is 0 Å². The van der Waals surface area contributed by atoms with Crippen molar-refractivity contribution >= 4 is 35.6 Å². The minimum atomic E-state index is -0.451. The lowest BCUT2D eigenvalue weighted by molar-refractivity contribution is -0.385. The molecule has 1 heterocycles. The van der Waals surface area contributed by atoms with Crippen LogP contribution < -0.4 is 10.6 Å². The molecule has 1 aromatic heterocycles. The van der Waals surface area contributed by atoms with Gasteiger partial charge in [-0.05, 0) is 31.6 Å². The van der Waals surface area contributed by atoms with Gasteiger partial charge in [0.2, 0.25) is 0 Å². The maximum atomic E-state index is 10.7. The van der Waals surface area contributed by atoms with E-state index in [1.54, 1.807) is 4.68 Å². The number of aliphatic hydroxyl groups excluding tert-OH is 1. The van der Waals surface area contributed by atoms with Gasteiger partial charge in [-0.1, -0.05) is 19.3 Å². The minimum absolute atomic E-state index is 0. The van der Waals surface area contributed by atoms with Gasteiger partial charge in [-0.25, -0.2) is 0 Å². The van der Waals surface area contributed by atoms with Gasteiger partial charge in [0, 0.05) is 26.2 Å². The van der Waals surface area contributed by atoms with Gasteiger partial charge >= 0.3 is 5.69 Å². The van der Waals surface area contributed by atoms with Crippen LogP contribution in [0.2, 0.25) is 0 Å². The number of aliphatic hydroxyl groups is 1. The monoisotopic (exact) mass is 494 g/mol. The van der Waals surface area contributed by atoms with Crippen molar-refractivity contribution in [2.45, 2.75) is 52.0 Å². The lowest BCUT2D eigenvalue weighted by Gasteiger charge is -2.35. The molecule has 0 aliphatic heterocycles. The average molecular weight is 494 g/mol. The molecule has 9 nitrogen and oxygen atoms in total. The summed E-state index contributed by atoms with van der Waals surface area (Å²) in [7, 11) is 0. The third-order valence-corrected chi connectivity index (χ3v) is 4.94. The van der Waals surface area contributed by atoms with Gasteiger partial charge < -0.3 is 15.7 Å². The van der Waals surface area contributed by atoms with Crippen molar-refractivity contribution in [2.24, 2.45) is 10.4 Å². The first kappa shape index (κ1) is 23.6. The number of aliphatic imine (C=N–C) groups is 1. The molecule has 0 saturated heterocycles. The van der Waals surface area contributed by atoms with E-state index in [0.717, 1.165) is 31.8 Å². The molecule has 1 aliphatic carbocycles. The summed E-state index contributed by atoms with van der Waals surface area (Å²) in [6.07, 6.45) is 9.39. The molecule has 3 N–H and O–H groups in total. The molecular formula is C17H31IN6O3. The molecule has 0 spiro atoms. The molecule has 0 bridgehead atoms. The second-order valence-electron chi connectivity index (χ2n) is 6.87. The molecule has 0 radical (unpaired) electrons. The van der Waals surface area contributed by atoms with E-state index in [9.17, 15) is 15.2 Å². The Balaban J connectivity index is 0.00000364. The number of nitrogens with zero attached hydrogens (tertiary/aromatic N) is 4. The van der Waals surface area contributed by atoms with Gasteiger partial charge in [0.15, 0.2) is 5.96 Å². The number of hydrogen-bond acceptors (Lipinski definition) is 5. The maximum Gasteiger partial charge on any atom is 0.306 e. The van der Waals surface area contributed by atoms with Gasteiger partial charge in [0.05, 0.1) is 11.5 Å². The minimum Gasteiger partial charge on any atom is -0.396 e. The van der Waals surface area contributed by atoms with Crippen molar-refractivity contribution in [1.82, 2.24) is 20.4 Å². The Morgan fingerprint density at radius 2 is 2.15 bits per heavy atom. The largest absolute Gasteiger partial charge is 0.396 e. The number of hydrogen-bond donors (Lipinski definition) is 3. The highest BCUT2D eigenvalue weighted by Crippen LogP contribution is 2.39. The van der Waals surface area contributed by atoms with E-state index in [-0.39, 0.29) is 41.7 Å². The van der Waals surface area contributed by atoms with Crippen molar-refractivity contribution < 1.29 is 10.0 Å². The molecule has 10 heteroatoms. The fourth-order valence-corrected chi connectivity index (χ4v) is 3.47. The zero-order valence-corrected chi connectivity index (χ0v) is 18.2. The normalized spacial score (nSPS) is 16.4. The average Bonchev–Trinajstić information content (AvgIpc) is 3.10. The van der Waals surface area contributed by atoms with E-state index < -0.39 is 4.92 Å². The molecule has 0 atom stereocenters. The smallest absolute Gasteiger partial charge is 0.306 e. The first-order valence-electron chi connectivity index (χ1n) is 9.38. The zero-order chi connectivity index (χ0) is 18.8. The van der Waals surface area contributed by atoms with Crippen molar-refractivity contribution in [3.8, 4) is 0 Å². The van der Waals surface area contributed by atoms with Crippen molar-refractivity contribution in [2.75, 3.05) is 26.2 Å². The van der Waals surface area contributed by atoms with Gasteiger partial charge in [-0.2, -0.15) is 5.10 Å². The highest BCUT2D eigenvalue weighted by atomic mass is 127. The number of aromatic nitrogens is 2. The Hall–Kier alpha value is -1.43. The summed E-state index contributed by atoms with van der Waals surface area (Å²) < 4.78 is 1.54. The fourth-order valence-electron chi connectivity index (χ4n) is 3.47. The van der Waals surface area contributed by atoms with Crippen LogP contribution in [0.4, 0.5) is 5.69 Å². The molecule has 1 fully saturated rings. The number of rotatable bonds is 9. The van der Waals surface area contributed by atoms with Crippen LogP contribution in [0.25, 0.3) is 0 Å². The zero-order valence-electron chi connectivity index (χ0n) is 15.9. The molecule has 0 aromatic carbocycles. The van der Waals surface area contributed by atoms with Crippen molar-refractivity contribution in [3.63, 3.8) is 0 Å². The lowest BCUT2D eigenvalue weighted by Crippen LogP contribution is -2.40. The third kappa shape index (κ3) is 7.60. The summed E-state index contributed by atoms with van der Waals surface area (Å²) in [6.45, 7) is 4.76. The second kappa shape index (κ2) is 12.1. The third-order valence-electron chi connectivity index (χ3n) is 4.94. The van der Waals surface area contributed by atoms with E-state index in [1.807, 2.05) is 6.92 Å². The summed E-state index contributed by atoms with van der Waals surface area (Å²) in [5, 5.41) is 30.6. The van der Waals surface area contributed by atoms with E-state index in [1.165, 1.54) is 31.7 Å². The van der Waals surface area contributed by atoms with Crippen molar-refractivity contribution in [1.29, 1.82) is 0 Å². The Morgan fingerprint density at radius 1 is 1.41 bits per heavy atom. The van der Waals surface area contributed by atoms with Crippen LogP contribution in [0, 0.1) is 15.5 Å². The molecule has 154 valence electrons. The van der Waals surface area contributed by atoms with E-state index in [4.69, 9.17) is 4.99 Å². The molecule has 1 saturated carbocycles. The summed E-state index contributed by atoms with van der Waals surface area (Å²) in [5.41, 5.74) is 0.103. The predicted molar refractivity (Wildman–Crippen MR) is 115 cm³/mol. The Kier molecular flexibility index (Phi) is 10.6. The Morgan fingerprint density at radius 3 is 2.74 bits per heavy atom. The summed E-state index contributed by atoms with van der Waals surface area (Å²) in [5.74, 6) is 0.733. The topological polar surface area (TPSA) is 118 Å². The van der Waals surface area contributed by atoms with Crippen LogP contribution in [0.3, 0.4) is 0 Å². The van der Waals surface area contributed by atoms with Gasteiger partial charge in [-0.3, -0.25) is 19.8 Å². The SMILES string of the molecule is CCNC(=NCC1(CCO)CCCCC1)NCCn1cc([N+](=O)[O-])cn1.I. The summed E-state index contributed by atoms with van der Waals surface area (Å²) >= 11 is 0. The van der Waals surface area contributed by atoms with Crippen LogP contribution in [0.15, 0.2) is 17.4 Å². The molecular weight excluding hydrogens is 463 g/mol. The van der Waals surface area contributed by atoms with Crippen LogP contribution in [0.5, 0.6) is 0 Å². The van der Waals surface area contributed by atoms with Gasteiger partial charge in [0.1, 0.15) is 12.4 Å². The molecule has 2 rings (SSSR count). The molecule has 0 amide bonds. The van der Waals surface area contributed by atoms with Crippen LogP contribution in [-0.2, 0) is 6.54 Å². The fraction of sp³-hybridized carbons (Fsp3) is 0.765. The highest BCUT2D eigenvalue weighted by molar-refractivity contribution is 14.0.